The van der Waals surface area contributed by atoms with E-state index in [-0.39, 0.29) is 17.8 Å². The fourth-order valence-electron chi connectivity index (χ4n) is 3.51. The highest BCUT2D eigenvalue weighted by Crippen LogP contribution is 2.17. The minimum Gasteiger partial charge on any atom is -0.466 e. The Balaban J connectivity index is 1.59. The van der Waals surface area contributed by atoms with Crippen molar-refractivity contribution in [3.63, 3.8) is 0 Å². The number of nitrogens with zero attached hydrogens (tertiary/aromatic N) is 1. The second kappa shape index (κ2) is 12.3. The monoisotopic (exact) mass is 393 g/mol. The van der Waals surface area contributed by atoms with Gasteiger partial charge in [-0.05, 0) is 69.8 Å². The summed E-state index contributed by atoms with van der Waals surface area (Å²) in [5.41, 5.74) is 0.450. The Kier molecular flexibility index (Phi) is 9.76. The van der Waals surface area contributed by atoms with Gasteiger partial charge in [0.25, 0.3) is 0 Å². The smallest absolute Gasteiger partial charge is 0.319 e. The first kappa shape index (κ1) is 22.1. The molecule has 2 rings (SSSR count). The summed E-state index contributed by atoms with van der Waals surface area (Å²) in [6.45, 7) is 5.96. The Morgan fingerprint density at radius 1 is 1.29 bits per heavy atom. The molecule has 1 aromatic carbocycles. The van der Waals surface area contributed by atoms with E-state index in [2.05, 4.69) is 15.5 Å². The van der Waals surface area contributed by atoms with Gasteiger partial charge in [0.05, 0.1) is 6.61 Å². The van der Waals surface area contributed by atoms with Crippen molar-refractivity contribution >= 4 is 17.7 Å². The lowest BCUT2D eigenvalue weighted by Crippen LogP contribution is -2.42. The van der Waals surface area contributed by atoms with Crippen molar-refractivity contribution in [3.05, 3.63) is 30.1 Å². The van der Waals surface area contributed by atoms with E-state index in [9.17, 15) is 14.0 Å². The van der Waals surface area contributed by atoms with Gasteiger partial charge < -0.3 is 20.3 Å². The lowest BCUT2D eigenvalue weighted by atomic mass is 9.97. The summed E-state index contributed by atoms with van der Waals surface area (Å²) < 4.78 is 18.1. The number of likely N-dealkylation sites (tertiary alicyclic amines) is 1. The molecular weight excluding hydrogens is 361 g/mol. The number of rotatable bonds is 10. The lowest BCUT2D eigenvalue weighted by molar-refractivity contribution is -0.143. The number of halogens is 1. The van der Waals surface area contributed by atoms with Crippen LogP contribution in [0.4, 0.5) is 14.9 Å². The third-order valence-electron chi connectivity index (χ3n) is 4.90. The van der Waals surface area contributed by atoms with Crippen molar-refractivity contribution in [1.29, 1.82) is 0 Å². The number of urea groups is 1. The molecule has 1 saturated heterocycles. The van der Waals surface area contributed by atoms with Crippen LogP contribution in [0.25, 0.3) is 0 Å². The predicted octanol–water partition coefficient (Wildman–Crippen LogP) is 3.78. The third kappa shape index (κ3) is 8.69. The molecular formula is C21H32FN3O3. The first-order valence-corrected chi connectivity index (χ1v) is 10.2. The zero-order valence-corrected chi connectivity index (χ0v) is 16.7. The molecule has 0 aliphatic carbocycles. The quantitative estimate of drug-likeness (QED) is 0.469. The summed E-state index contributed by atoms with van der Waals surface area (Å²) in [7, 11) is 0. The highest BCUT2D eigenvalue weighted by molar-refractivity contribution is 5.89. The average molecular weight is 394 g/mol. The van der Waals surface area contributed by atoms with E-state index in [4.69, 9.17) is 4.74 Å². The minimum atomic E-state index is -0.372. The molecule has 156 valence electrons. The molecule has 1 aliphatic heterocycles. The van der Waals surface area contributed by atoms with E-state index in [1.807, 2.05) is 6.92 Å². The lowest BCUT2D eigenvalue weighted by Gasteiger charge is -2.32. The average Bonchev–Trinajstić information content (AvgIpc) is 2.67. The number of ether oxygens (including phenoxy) is 1. The van der Waals surface area contributed by atoms with Crippen LogP contribution in [0.15, 0.2) is 24.3 Å². The van der Waals surface area contributed by atoms with Gasteiger partial charge in [-0.15, -0.1) is 0 Å². The second-order valence-corrected chi connectivity index (χ2v) is 7.27. The number of anilines is 1. The van der Waals surface area contributed by atoms with Crippen LogP contribution in [0.2, 0.25) is 0 Å². The Bertz CT molecular complexity index is 627. The topological polar surface area (TPSA) is 70.7 Å². The SMILES string of the molecule is CCOC(=O)CCCCCN1CCCC(CNC(=O)Nc2cccc(F)c2)C1. The molecule has 1 fully saturated rings. The fourth-order valence-corrected chi connectivity index (χ4v) is 3.51. The number of carbonyl (C=O) groups is 2. The fraction of sp³-hybridized carbons (Fsp3) is 0.619. The molecule has 0 bridgehead atoms. The molecule has 0 saturated carbocycles. The molecule has 1 unspecified atom stereocenters. The van der Waals surface area contributed by atoms with Gasteiger partial charge in [-0.25, -0.2) is 9.18 Å². The van der Waals surface area contributed by atoms with Crippen molar-refractivity contribution < 1.29 is 18.7 Å². The zero-order valence-electron chi connectivity index (χ0n) is 16.7. The van der Waals surface area contributed by atoms with Gasteiger partial charge >= 0.3 is 12.0 Å². The first-order valence-electron chi connectivity index (χ1n) is 10.2. The van der Waals surface area contributed by atoms with Gasteiger partial charge in [-0.1, -0.05) is 12.5 Å². The van der Waals surface area contributed by atoms with Crippen molar-refractivity contribution in [2.24, 2.45) is 5.92 Å². The third-order valence-corrected chi connectivity index (χ3v) is 4.90. The van der Waals surface area contributed by atoms with Crippen LogP contribution in [0.1, 0.15) is 45.4 Å². The van der Waals surface area contributed by atoms with Crippen LogP contribution >= 0.6 is 0 Å². The number of benzene rings is 1. The van der Waals surface area contributed by atoms with Crippen LogP contribution in [0.5, 0.6) is 0 Å². The standard InChI is InChI=1S/C21H32FN3O3/c1-2-28-20(26)11-4-3-5-12-25-13-7-8-17(16-25)15-23-21(27)24-19-10-6-9-18(22)14-19/h6,9-10,14,17H,2-5,7-8,11-13,15-16H2,1H3,(H2,23,24,27). The molecule has 2 amide bonds. The summed E-state index contributed by atoms with van der Waals surface area (Å²) >= 11 is 0. The summed E-state index contributed by atoms with van der Waals surface area (Å²) in [4.78, 5) is 25.8. The van der Waals surface area contributed by atoms with Gasteiger partial charge in [0.15, 0.2) is 0 Å². The van der Waals surface area contributed by atoms with E-state index < -0.39 is 0 Å². The van der Waals surface area contributed by atoms with E-state index >= 15 is 0 Å². The number of nitrogens with one attached hydrogen (secondary N) is 2. The van der Waals surface area contributed by atoms with Gasteiger partial charge in [-0.2, -0.15) is 0 Å². The van der Waals surface area contributed by atoms with Crippen molar-refractivity contribution in [2.45, 2.75) is 45.4 Å². The highest BCUT2D eigenvalue weighted by Gasteiger charge is 2.20. The second-order valence-electron chi connectivity index (χ2n) is 7.27. The number of piperidine rings is 1. The largest absolute Gasteiger partial charge is 0.466 e. The van der Waals surface area contributed by atoms with Crippen molar-refractivity contribution in [3.8, 4) is 0 Å². The molecule has 0 radical (unpaired) electrons. The van der Waals surface area contributed by atoms with Crippen LogP contribution in [0.3, 0.4) is 0 Å². The molecule has 1 aromatic rings. The predicted molar refractivity (Wildman–Crippen MR) is 108 cm³/mol. The number of unbranched alkanes of at least 4 members (excludes halogenated alkanes) is 2. The number of amides is 2. The maximum absolute atomic E-state index is 13.2. The van der Waals surface area contributed by atoms with E-state index in [0.29, 0.717) is 31.2 Å². The van der Waals surface area contributed by atoms with Crippen LogP contribution in [-0.2, 0) is 9.53 Å². The zero-order chi connectivity index (χ0) is 20.2. The van der Waals surface area contributed by atoms with Crippen molar-refractivity contribution in [2.75, 3.05) is 38.1 Å². The number of hydrogen-bond donors (Lipinski definition) is 2. The maximum Gasteiger partial charge on any atom is 0.319 e. The molecule has 28 heavy (non-hydrogen) atoms. The molecule has 6 nitrogen and oxygen atoms in total. The number of hydrogen-bond acceptors (Lipinski definition) is 4. The first-order chi connectivity index (χ1) is 13.6. The van der Waals surface area contributed by atoms with Gasteiger partial charge in [0.1, 0.15) is 5.82 Å². The minimum absolute atomic E-state index is 0.108. The normalized spacial score (nSPS) is 17.1. The summed E-state index contributed by atoms with van der Waals surface area (Å²) in [5, 5.41) is 5.55. The van der Waals surface area contributed by atoms with Crippen LogP contribution in [0, 0.1) is 11.7 Å². The Labute approximate surface area is 166 Å². The van der Waals surface area contributed by atoms with Crippen molar-refractivity contribution in [1.82, 2.24) is 10.2 Å². The molecule has 1 atom stereocenters. The molecule has 1 aliphatic rings. The molecule has 0 aromatic heterocycles. The summed E-state index contributed by atoms with van der Waals surface area (Å²) in [6, 6.07) is 5.56. The van der Waals surface area contributed by atoms with Crippen LogP contribution in [-0.4, -0.2) is 49.7 Å². The molecule has 7 heteroatoms. The van der Waals surface area contributed by atoms with Gasteiger partial charge in [-0.3, -0.25) is 4.79 Å². The molecule has 1 heterocycles. The highest BCUT2D eigenvalue weighted by atomic mass is 19.1. The van der Waals surface area contributed by atoms with Crippen LogP contribution < -0.4 is 10.6 Å². The van der Waals surface area contributed by atoms with E-state index in [0.717, 1.165) is 51.7 Å². The Morgan fingerprint density at radius 3 is 2.93 bits per heavy atom. The van der Waals surface area contributed by atoms with Gasteiger partial charge in [0.2, 0.25) is 0 Å². The molecule has 2 N–H and O–H groups in total. The van der Waals surface area contributed by atoms with E-state index in [1.54, 1.807) is 12.1 Å². The molecule has 0 spiro atoms. The Morgan fingerprint density at radius 2 is 2.14 bits per heavy atom. The van der Waals surface area contributed by atoms with E-state index in [1.165, 1.54) is 12.1 Å². The number of esters is 1. The Hall–Kier alpha value is -2.15. The van der Waals surface area contributed by atoms with Gasteiger partial charge in [0, 0.05) is 25.2 Å². The summed E-state index contributed by atoms with van der Waals surface area (Å²) in [5.74, 6) is -0.0577. The summed E-state index contributed by atoms with van der Waals surface area (Å²) in [6.07, 6.45) is 5.69. The number of carbonyl (C=O) groups excluding carboxylic acids is 2. The maximum atomic E-state index is 13.2.